The van der Waals surface area contributed by atoms with Gasteiger partial charge in [0.2, 0.25) is 0 Å². The molecule has 0 radical (unpaired) electrons. The molecule has 8 heteroatoms. The number of aromatic nitrogens is 1. The van der Waals surface area contributed by atoms with E-state index in [2.05, 4.69) is 4.90 Å². The molecule has 0 N–H and O–H groups in total. The van der Waals surface area contributed by atoms with E-state index in [1.165, 1.54) is 37.5 Å². The van der Waals surface area contributed by atoms with Crippen molar-refractivity contribution in [1.29, 1.82) is 0 Å². The van der Waals surface area contributed by atoms with Crippen LogP contribution in [0.3, 0.4) is 0 Å². The van der Waals surface area contributed by atoms with Crippen LogP contribution in [0.4, 0.5) is 8.78 Å². The fraction of sp³-hybridized carbons (Fsp3) is 0.448. The van der Waals surface area contributed by atoms with Gasteiger partial charge in [-0.05, 0) is 75.9 Å². The van der Waals surface area contributed by atoms with Gasteiger partial charge in [0.1, 0.15) is 12.3 Å². The summed E-state index contributed by atoms with van der Waals surface area (Å²) in [6.45, 7) is 5.66. The standard InChI is InChI=1S/C29H34F2N2O4/c1-2-36-28(35)20-33-22(11-10-21-8-6-9-25(30)29(21)31)18-27(34)24-13-12-23(19-26(24)33)37-17-7-16-32-14-4-3-5-15-32/h6,8-9,12-13,18-19H,2-5,7,10-11,14-17,20H2,1H3. The maximum Gasteiger partial charge on any atom is 0.325 e. The Labute approximate surface area is 215 Å². The van der Waals surface area contributed by atoms with Crippen molar-refractivity contribution >= 4 is 16.9 Å². The third-order valence-electron chi connectivity index (χ3n) is 6.78. The molecule has 0 atom stereocenters. The maximum atomic E-state index is 14.2. The second-order valence-electron chi connectivity index (χ2n) is 9.39. The van der Waals surface area contributed by atoms with Gasteiger partial charge < -0.3 is 18.9 Å². The molecule has 198 valence electrons. The Hall–Kier alpha value is -3.26. The van der Waals surface area contributed by atoms with Crippen LogP contribution in [0.15, 0.2) is 47.3 Å². The number of benzene rings is 2. The fourth-order valence-electron chi connectivity index (χ4n) is 4.89. The predicted molar refractivity (Wildman–Crippen MR) is 139 cm³/mol. The van der Waals surface area contributed by atoms with Crippen molar-refractivity contribution < 1.29 is 23.0 Å². The van der Waals surface area contributed by atoms with Gasteiger partial charge in [-0.2, -0.15) is 0 Å². The summed E-state index contributed by atoms with van der Waals surface area (Å²) in [5.41, 5.74) is 1.09. The molecule has 1 fully saturated rings. The van der Waals surface area contributed by atoms with Crippen molar-refractivity contribution in [1.82, 2.24) is 9.47 Å². The molecule has 4 rings (SSSR count). The highest BCUT2D eigenvalue weighted by molar-refractivity contribution is 5.82. The van der Waals surface area contributed by atoms with Gasteiger partial charge in [-0.3, -0.25) is 9.59 Å². The Morgan fingerprint density at radius 1 is 1.03 bits per heavy atom. The second kappa shape index (κ2) is 12.8. The maximum absolute atomic E-state index is 14.2. The lowest BCUT2D eigenvalue weighted by atomic mass is 10.0. The third kappa shape index (κ3) is 6.95. The Kier molecular flexibility index (Phi) is 9.28. The Morgan fingerprint density at radius 2 is 1.84 bits per heavy atom. The van der Waals surface area contributed by atoms with Crippen molar-refractivity contribution in [2.75, 3.05) is 32.8 Å². The number of halogens is 2. The van der Waals surface area contributed by atoms with Crippen LogP contribution < -0.4 is 10.2 Å². The van der Waals surface area contributed by atoms with Crippen molar-refractivity contribution in [2.45, 2.75) is 52.0 Å². The van der Waals surface area contributed by atoms with Gasteiger partial charge in [-0.25, -0.2) is 8.78 Å². The first-order chi connectivity index (χ1) is 18.0. The summed E-state index contributed by atoms with van der Waals surface area (Å²) in [6, 6.07) is 10.7. The molecule has 6 nitrogen and oxygen atoms in total. The number of rotatable bonds is 11. The van der Waals surface area contributed by atoms with E-state index in [1.54, 1.807) is 29.7 Å². The molecule has 0 bridgehead atoms. The van der Waals surface area contributed by atoms with Gasteiger partial charge in [0, 0.05) is 29.8 Å². The Morgan fingerprint density at radius 3 is 2.62 bits per heavy atom. The lowest BCUT2D eigenvalue weighted by Gasteiger charge is -2.26. The monoisotopic (exact) mass is 512 g/mol. The summed E-state index contributed by atoms with van der Waals surface area (Å²) >= 11 is 0. The highest BCUT2D eigenvalue weighted by Crippen LogP contribution is 2.22. The Balaban J connectivity index is 1.57. The van der Waals surface area contributed by atoms with Crippen molar-refractivity contribution in [3.05, 3.63) is 75.6 Å². The molecule has 0 unspecified atom stereocenters. The van der Waals surface area contributed by atoms with E-state index in [1.807, 2.05) is 0 Å². The minimum Gasteiger partial charge on any atom is -0.493 e. The summed E-state index contributed by atoms with van der Waals surface area (Å²) < 4.78 is 40.8. The zero-order valence-electron chi connectivity index (χ0n) is 21.3. The number of hydrogen-bond acceptors (Lipinski definition) is 5. The SMILES string of the molecule is CCOC(=O)Cn1c(CCc2cccc(F)c2F)cc(=O)c2ccc(OCCCN3CCCCC3)cc21. The Bertz CT molecular complexity index is 1280. The molecule has 0 spiro atoms. The van der Waals surface area contributed by atoms with E-state index in [-0.39, 0.29) is 37.0 Å². The number of ether oxygens (including phenoxy) is 2. The zero-order chi connectivity index (χ0) is 26.2. The van der Waals surface area contributed by atoms with E-state index >= 15 is 0 Å². The molecule has 0 amide bonds. The minimum absolute atomic E-state index is 0.107. The molecular weight excluding hydrogens is 478 g/mol. The number of hydrogen-bond donors (Lipinski definition) is 0. The summed E-state index contributed by atoms with van der Waals surface area (Å²) in [7, 11) is 0. The van der Waals surface area contributed by atoms with Crippen LogP contribution >= 0.6 is 0 Å². The van der Waals surface area contributed by atoms with Gasteiger partial charge in [0.05, 0.1) is 18.7 Å². The van der Waals surface area contributed by atoms with Crippen molar-refractivity contribution in [3.8, 4) is 5.75 Å². The van der Waals surface area contributed by atoms with Crippen molar-refractivity contribution in [2.24, 2.45) is 0 Å². The predicted octanol–water partition coefficient (Wildman–Crippen LogP) is 4.88. The van der Waals surface area contributed by atoms with Crippen molar-refractivity contribution in [3.63, 3.8) is 0 Å². The molecule has 2 heterocycles. The number of piperidine rings is 1. The summed E-state index contributed by atoms with van der Waals surface area (Å²) in [6.07, 6.45) is 5.11. The highest BCUT2D eigenvalue weighted by Gasteiger charge is 2.16. The van der Waals surface area contributed by atoms with Gasteiger partial charge in [0.25, 0.3) is 0 Å². The zero-order valence-corrected chi connectivity index (χ0v) is 21.3. The van der Waals surface area contributed by atoms with E-state index < -0.39 is 17.6 Å². The molecule has 1 aromatic heterocycles. The van der Waals surface area contributed by atoms with Gasteiger partial charge in [-0.1, -0.05) is 18.6 Å². The highest BCUT2D eigenvalue weighted by atomic mass is 19.2. The minimum atomic E-state index is -0.915. The van der Waals surface area contributed by atoms with Crippen LogP contribution in [-0.4, -0.2) is 48.3 Å². The molecule has 3 aromatic rings. The molecule has 1 saturated heterocycles. The first-order valence-electron chi connectivity index (χ1n) is 13.1. The average Bonchev–Trinajstić information content (AvgIpc) is 2.90. The van der Waals surface area contributed by atoms with E-state index in [9.17, 15) is 18.4 Å². The number of pyridine rings is 1. The van der Waals surface area contributed by atoms with Crippen LogP contribution in [-0.2, 0) is 28.9 Å². The van der Waals surface area contributed by atoms with Crippen LogP contribution in [0.1, 0.15) is 43.9 Å². The first kappa shape index (κ1) is 26.8. The lowest BCUT2D eigenvalue weighted by molar-refractivity contribution is -0.143. The second-order valence-corrected chi connectivity index (χ2v) is 9.39. The topological polar surface area (TPSA) is 60.8 Å². The molecule has 0 saturated carbocycles. The van der Waals surface area contributed by atoms with Crippen LogP contribution in [0.5, 0.6) is 5.75 Å². The lowest BCUT2D eigenvalue weighted by Crippen LogP contribution is -2.31. The van der Waals surface area contributed by atoms with Crippen LogP contribution in [0, 0.1) is 11.6 Å². The van der Waals surface area contributed by atoms with E-state index in [0.717, 1.165) is 32.1 Å². The van der Waals surface area contributed by atoms with Gasteiger partial charge in [-0.15, -0.1) is 0 Å². The molecule has 1 aliphatic heterocycles. The number of nitrogens with zero attached hydrogens (tertiary/aromatic N) is 2. The smallest absolute Gasteiger partial charge is 0.325 e. The summed E-state index contributed by atoms with van der Waals surface area (Å²) in [5, 5.41) is 0.450. The number of carbonyl (C=O) groups excluding carboxylic acids is 1. The largest absolute Gasteiger partial charge is 0.493 e. The number of likely N-dealkylation sites (tertiary alicyclic amines) is 1. The quantitative estimate of drug-likeness (QED) is 0.271. The molecule has 2 aromatic carbocycles. The van der Waals surface area contributed by atoms with E-state index in [4.69, 9.17) is 9.47 Å². The van der Waals surface area contributed by atoms with E-state index in [0.29, 0.717) is 29.0 Å². The third-order valence-corrected chi connectivity index (χ3v) is 6.78. The fourth-order valence-corrected chi connectivity index (χ4v) is 4.89. The van der Waals surface area contributed by atoms with Crippen LogP contribution in [0.2, 0.25) is 0 Å². The molecule has 0 aliphatic carbocycles. The number of esters is 1. The number of fused-ring (bicyclic) bond motifs is 1. The van der Waals surface area contributed by atoms with Gasteiger partial charge >= 0.3 is 5.97 Å². The van der Waals surface area contributed by atoms with Gasteiger partial charge in [0.15, 0.2) is 17.1 Å². The molecular formula is C29H34F2N2O4. The molecule has 37 heavy (non-hydrogen) atoms. The summed E-state index contributed by atoms with van der Waals surface area (Å²) in [5.74, 6) is -1.65. The molecule has 1 aliphatic rings. The van der Waals surface area contributed by atoms with Crippen LogP contribution in [0.25, 0.3) is 10.9 Å². The summed E-state index contributed by atoms with van der Waals surface area (Å²) in [4.78, 5) is 27.8. The normalized spacial score (nSPS) is 14.1. The number of carbonyl (C=O) groups is 1. The first-order valence-corrected chi connectivity index (χ1v) is 13.1. The number of aryl methyl sites for hydroxylation is 2. The average molecular weight is 513 g/mol.